The van der Waals surface area contributed by atoms with Gasteiger partial charge in [0.1, 0.15) is 13.2 Å². The maximum absolute atomic E-state index is 5.65. The monoisotopic (exact) mass is 375 g/mol. The van der Waals surface area contributed by atoms with Gasteiger partial charge < -0.3 is 14.8 Å². The Bertz CT molecular complexity index is 467. The van der Waals surface area contributed by atoms with Gasteiger partial charge in [-0.15, -0.1) is 0 Å². The highest BCUT2D eigenvalue weighted by Gasteiger charge is 2.17. The molecule has 0 bridgehead atoms. The fraction of sp³-hybridized carbons (Fsp3) is 0.571. The predicted octanol–water partition coefficient (Wildman–Crippen LogP) is 3.16. The minimum atomic E-state index is 0.625. The number of hydrogen-bond acceptors (Lipinski definition) is 5. The summed E-state index contributed by atoms with van der Waals surface area (Å²) in [5, 5.41) is 4.30. The van der Waals surface area contributed by atoms with E-state index in [2.05, 4.69) is 56.9 Å². The standard InChI is InChI=1S/C14H18BrNO2S2/c15-12-5-10(6-13-14(12)18-2-1-17-13)7-16-8-11-9-19-3-4-20-11/h5-6,11,16H,1-4,7-9H2. The lowest BCUT2D eigenvalue weighted by molar-refractivity contribution is 0.170. The molecular formula is C14H18BrNO2S2. The van der Waals surface area contributed by atoms with Crippen LogP contribution in [0.2, 0.25) is 0 Å². The number of thioether (sulfide) groups is 2. The fourth-order valence-corrected chi connectivity index (χ4v) is 5.55. The highest BCUT2D eigenvalue weighted by molar-refractivity contribution is 9.10. The Morgan fingerprint density at radius 2 is 2.15 bits per heavy atom. The van der Waals surface area contributed by atoms with Gasteiger partial charge in [-0.1, -0.05) is 0 Å². The van der Waals surface area contributed by atoms with Gasteiger partial charge in [0.2, 0.25) is 0 Å². The van der Waals surface area contributed by atoms with Gasteiger partial charge in [-0.05, 0) is 33.6 Å². The first-order valence-corrected chi connectivity index (χ1v) is 9.80. The van der Waals surface area contributed by atoms with E-state index in [0.29, 0.717) is 13.2 Å². The SMILES string of the molecule is Brc1cc(CNCC2CSCCS2)cc2c1OCCO2. The van der Waals surface area contributed by atoms with Crippen molar-refractivity contribution in [1.29, 1.82) is 0 Å². The van der Waals surface area contributed by atoms with Crippen LogP contribution in [0.25, 0.3) is 0 Å². The largest absolute Gasteiger partial charge is 0.486 e. The van der Waals surface area contributed by atoms with Gasteiger partial charge in [-0.2, -0.15) is 23.5 Å². The third-order valence-corrected chi connectivity index (χ3v) is 6.68. The normalized spacial score (nSPS) is 21.8. The summed E-state index contributed by atoms with van der Waals surface area (Å²) in [6, 6.07) is 4.19. The van der Waals surface area contributed by atoms with E-state index >= 15 is 0 Å². The van der Waals surface area contributed by atoms with Crippen LogP contribution >= 0.6 is 39.5 Å². The predicted molar refractivity (Wildman–Crippen MR) is 90.4 cm³/mol. The number of rotatable bonds is 4. The van der Waals surface area contributed by atoms with Crippen molar-refractivity contribution in [1.82, 2.24) is 5.32 Å². The van der Waals surface area contributed by atoms with E-state index in [1.165, 1.54) is 22.8 Å². The zero-order valence-electron chi connectivity index (χ0n) is 11.2. The average Bonchev–Trinajstić information content (AvgIpc) is 2.48. The summed E-state index contributed by atoms with van der Waals surface area (Å²) in [5.41, 5.74) is 1.23. The van der Waals surface area contributed by atoms with Crippen LogP contribution in [0.3, 0.4) is 0 Å². The molecule has 1 atom stereocenters. The van der Waals surface area contributed by atoms with Crippen molar-refractivity contribution >= 4 is 39.5 Å². The highest BCUT2D eigenvalue weighted by atomic mass is 79.9. The molecule has 6 heteroatoms. The highest BCUT2D eigenvalue weighted by Crippen LogP contribution is 2.38. The summed E-state index contributed by atoms with van der Waals surface area (Å²) < 4.78 is 12.2. The molecule has 0 radical (unpaired) electrons. The first-order chi connectivity index (χ1) is 9.83. The number of halogens is 1. The van der Waals surface area contributed by atoms with Gasteiger partial charge in [0.25, 0.3) is 0 Å². The third-order valence-electron chi connectivity index (χ3n) is 3.24. The molecule has 0 aliphatic carbocycles. The van der Waals surface area contributed by atoms with Crippen LogP contribution in [0.4, 0.5) is 0 Å². The molecule has 0 spiro atoms. The lowest BCUT2D eigenvalue weighted by atomic mass is 10.2. The number of hydrogen-bond donors (Lipinski definition) is 1. The molecule has 2 heterocycles. The second kappa shape index (κ2) is 7.29. The van der Waals surface area contributed by atoms with Crippen molar-refractivity contribution in [3.8, 4) is 11.5 Å². The first kappa shape index (κ1) is 14.9. The molecule has 0 aromatic heterocycles. The van der Waals surface area contributed by atoms with Crippen LogP contribution < -0.4 is 14.8 Å². The van der Waals surface area contributed by atoms with E-state index in [9.17, 15) is 0 Å². The van der Waals surface area contributed by atoms with Gasteiger partial charge in [0, 0.05) is 35.6 Å². The van der Waals surface area contributed by atoms with Crippen molar-refractivity contribution in [2.45, 2.75) is 11.8 Å². The van der Waals surface area contributed by atoms with E-state index < -0.39 is 0 Å². The first-order valence-electron chi connectivity index (χ1n) is 6.81. The Kier molecular flexibility index (Phi) is 5.42. The molecule has 20 heavy (non-hydrogen) atoms. The lowest BCUT2D eigenvalue weighted by Crippen LogP contribution is -2.28. The second-order valence-corrected chi connectivity index (χ2v) is 8.21. The van der Waals surface area contributed by atoms with Crippen LogP contribution in [0, 0.1) is 0 Å². The molecule has 1 unspecified atom stereocenters. The van der Waals surface area contributed by atoms with Crippen LogP contribution in [0.5, 0.6) is 11.5 Å². The van der Waals surface area contributed by atoms with E-state index in [0.717, 1.165) is 34.3 Å². The zero-order chi connectivity index (χ0) is 13.8. The third kappa shape index (κ3) is 3.78. The van der Waals surface area contributed by atoms with Crippen molar-refractivity contribution in [2.24, 2.45) is 0 Å². The maximum Gasteiger partial charge on any atom is 0.175 e. The summed E-state index contributed by atoms with van der Waals surface area (Å²) in [7, 11) is 0. The molecule has 2 aliphatic heterocycles. The van der Waals surface area contributed by atoms with Crippen molar-refractivity contribution < 1.29 is 9.47 Å². The van der Waals surface area contributed by atoms with E-state index in [1.807, 2.05) is 0 Å². The Labute approximate surface area is 136 Å². The Morgan fingerprint density at radius 1 is 1.25 bits per heavy atom. The van der Waals surface area contributed by atoms with Crippen molar-refractivity contribution in [3.05, 3.63) is 22.2 Å². The van der Waals surface area contributed by atoms with Crippen LogP contribution in [-0.4, -0.2) is 42.3 Å². The minimum absolute atomic E-state index is 0.625. The maximum atomic E-state index is 5.65. The summed E-state index contributed by atoms with van der Waals surface area (Å²) in [5.74, 6) is 5.54. The molecule has 0 amide bonds. The Balaban J connectivity index is 1.56. The van der Waals surface area contributed by atoms with Gasteiger partial charge >= 0.3 is 0 Å². The second-order valence-electron chi connectivity index (χ2n) is 4.80. The van der Waals surface area contributed by atoms with E-state index in [4.69, 9.17) is 9.47 Å². The summed E-state index contributed by atoms with van der Waals surface area (Å²) in [4.78, 5) is 0. The number of ether oxygens (including phenoxy) is 2. The molecule has 110 valence electrons. The Morgan fingerprint density at radius 3 is 3.00 bits per heavy atom. The quantitative estimate of drug-likeness (QED) is 0.873. The molecule has 3 rings (SSSR count). The van der Waals surface area contributed by atoms with E-state index in [-0.39, 0.29) is 0 Å². The molecule has 1 aromatic carbocycles. The summed E-state index contributed by atoms with van der Waals surface area (Å²) in [6.07, 6.45) is 0. The number of nitrogens with one attached hydrogen (secondary N) is 1. The fourth-order valence-electron chi connectivity index (χ4n) is 2.30. The topological polar surface area (TPSA) is 30.5 Å². The van der Waals surface area contributed by atoms with Gasteiger partial charge in [-0.25, -0.2) is 0 Å². The molecule has 1 fully saturated rings. The Hall–Kier alpha value is -0.0400. The molecule has 1 aromatic rings. The smallest absolute Gasteiger partial charge is 0.175 e. The van der Waals surface area contributed by atoms with Crippen LogP contribution in [-0.2, 0) is 6.54 Å². The minimum Gasteiger partial charge on any atom is -0.486 e. The van der Waals surface area contributed by atoms with Gasteiger partial charge in [-0.3, -0.25) is 0 Å². The summed E-state index contributed by atoms with van der Waals surface area (Å²) >= 11 is 7.71. The number of fused-ring (bicyclic) bond motifs is 1. The van der Waals surface area contributed by atoms with Crippen molar-refractivity contribution in [3.63, 3.8) is 0 Å². The molecule has 1 N–H and O–H groups in total. The lowest BCUT2D eigenvalue weighted by Gasteiger charge is -2.22. The zero-order valence-corrected chi connectivity index (χ0v) is 14.4. The van der Waals surface area contributed by atoms with Gasteiger partial charge in [0.15, 0.2) is 11.5 Å². The average molecular weight is 376 g/mol. The van der Waals surface area contributed by atoms with Crippen LogP contribution in [0.1, 0.15) is 5.56 Å². The molecular weight excluding hydrogens is 358 g/mol. The molecule has 1 saturated heterocycles. The number of benzene rings is 1. The van der Waals surface area contributed by atoms with Gasteiger partial charge in [0.05, 0.1) is 4.47 Å². The molecule has 0 saturated carbocycles. The van der Waals surface area contributed by atoms with Crippen molar-refractivity contribution in [2.75, 3.05) is 37.0 Å². The van der Waals surface area contributed by atoms with E-state index in [1.54, 1.807) is 0 Å². The summed E-state index contributed by atoms with van der Waals surface area (Å²) in [6.45, 7) is 3.20. The van der Waals surface area contributed by atoms with Crippen LogP contribution in [0.15, 0.2) is 16.6 Å². The molecule has 3 nitrogen and oxygen atoms in total. The molecule has 2 aliphatic rings.